The zero-order valence-electron chi connectivity index (χ0n) is 1.86. The van der Waals surface area contributed by atoms with Gasteiger partial charge in [-0.3, -0.25) is 0 Å². The molecule has 0 amide bonds. The first kappa shape index (κ1) is 3.29. The van der Waals surface area contributed by atoms with Crippen molar-refractivity contribution in [3.05, 3.63) is 7.11 Å². The summed E-state index contributed by atoms with van der Waals surface area (Å²) in [5.74, 6) is 0. The molecule has 0 fully saturated rings. The Morgan fingerprint density at radius 2 is 2.25 bits per heavy atom. The number of rotatable bonds is 0. The zero-order valence-corrected chi connectivity index (χ0v) is 1.86. The normalized spacial score (nSPS) is 4.00. The molecule has 0 rings (SSSR count). The second-order valence-electron chi connectivity index (χ2n) is 0.193. The highest BCUT2D eigenvalue weighted by Crippen LogP contribution is 1.47. The lowest BCUT2D eigenvalue weighted by atomic mass is 11.5. The van der Waals surface area contributed by atoms with Crippen molar-refractivity contribution in [2.24, 2.45) is 0 Å². The first-order valence-corrected chi connectivity index (χ1v) is 0.632. The fourth-order valence-electron chi connectivity index (χ4n) is 0. The van der Waals surface area contributed by atoms with Crippen LogP contribution >= 0.6 is 0 Å². The van der Waals surface area contributed by atoms with Crippen molar-refractivity contribution in [1.82, 2.24) is 0 Å². The lowest BCUT2D eigenvalue weighted by Gasteiger charge is -1.57. The molecule has 19 valence electrons. The predicted molar refractivity (Wildman–Crippen MR) is 9.94 cm³/mol. The third-order valence-corrected chi connectivity index (χ3v) is 0.0456. The minimum atomic E-state index is 1.10. The molecule has 0 N–H and O–H groups in total. The highest BCUT2D eigenvalue weighted by atomic mass is 16.5. The molecule has 0 saturated heterocycles. The van der Waals surface area contributed by atoms with Gasteiger partial charge in [0.2, 0.25) is 0 Å². The maximum absolute atomic E-state index is 7.22. The van der Waals surface area contributed by atoms with Crippen LogP contribution in [-0.2, 0) is 4.74 Å². The molecule has 0 atom stereocenters. The molecule has 0 aromatic carbocycles. The van der Waals surface area contributed by atoms with Crippen LogP contribution in [0, 0.1) is 18.6 Å². The Labute approximate surface area is 24.6 Å². The van der Waals surface area contributed by atoms with Gasteiger partial charge in [-0.25, -0.2) is 0 Å². The fraction of sp³-hybridized carbons (Fsp3) is 0. The summed E-state index contributed by atoms with van der Waals surface area (Å²) in [5, 5.41) is 7.22. The molecule has 0 spiro atoms. The standard InChI is InChI=1S/C2NO/c1-4-2-3. The SMILES string of the molecule is [C]OC#N. The van der Waals surface area contributed by atoms with E-state index in [-0.39, 0.29) is 0 Å². The zero-order chi connectivity index (χ0) is 3.41. The molecule has 0 heterocycles. The first-order chi connectivity index (χ1) is 1.91. The van der Waals surface area contributed by atoms with Gasteiger partial charge in [0.1, 0.15) is 0 Å². The van der Waals surface area contributed by atoms with Gasteiger partial charge in [-0.15, -0.1) is 0 Å². The van der Waals surface area contributed by atoms with Crippen molar-refractivity contribution in [2.45, 2.75) is 0 Å². The Bertz CT molecular complexity index is 35.8. The summed E-state index contributed by atoms with van der Waals surface area (Å²) in [6.45, 7) is 0. The topological polar surface area (TPSA) is 33.0 Å². The number of hydrogen-bond acceptors (Lipinski definition) is 2. The van der Waals surface area contributed by atoms with Crippen molar-refractivity contribution < 1.29 is 4.74 Å². The van der Waals surface area contributed by atoms with Crippen molar-refractivity contribution in [3.8, 4) is 6.26 Å². The molecular formula is C2NO. The van der Waals surface area contributed by atoms with E-state index >= 15 is 0 Å². The highest BCUT2D eigenvalue weighted by Gasteiger charge is 1.46. The maximum atomic E-state index is 7.22. The van der Waals surface area contributed by atoms with E-state index in [0.717, 1.165) is 6.26 Å². The van der Waals surface area contributed by atoms with Crippen LogP contribution in [0.15, 0.2) is 0 Å². The minimum Gasteiger partial charge on any atom is -0.407 e. The van der Waals surface area contributed by atoms with Gasteiger partial charge >= 0.3 is 0 Å². The Balaban J connectivity index is 2.43. The van der Waals surface area contributed by atoms with Gasteiger partial charge in [0, 0.05) is 0 Å². The van der Waals surface area contributed by atoms with E-state index in [9.17, 15) is 0 Å². The summed E-state index contributed by atoms with van der Waals surface area (Å²) in [6, 6.07) is 0. The van der Waals surface area contributed by atoms with Crippen LogP contribution < -0.4 is 0 Å². The van der Waals surface area contributed by atoms with E-state index in [4.69, 9.17) is 12.4 Å². The molecule has 0 bridgehead atoms. The van der Waals surface area contributed by atoms with Gasteiger partial charge in [0.05, 0.1) is 0 Å². The summed E-state index contributed by atoms with van der Waals surface area (Å²) < 4.78 is 3.10. The number of hydrogen-bond donors (Lipinski definition) is 0. The van der Waals surface area contributed by atoms with Crippen LogP contribution in [0.2, 0.25) is 0 Å². The van der Waals surface area contributed by atoms with Gasteiger partial charge in [-0.1, -0.05) is 0 Å². The van der Waals surface area contributed by atoms with E-state index < -0.39 is 0 Å². The van der Waals surface area contributed by atoms with Crippen molar-refractivity contribution in [3.63, 3.8) is 0 Å². The fourth-order valence-corrected chi connectivity index (χ4v) is 0. The van der Waals surface area contributed by atoms with Gasteiger partial charge in [-0.2, -0.15) is 5.26 Å². The van der Waals surface area contributed by atoms with Crippen LogP contribution in [0.3, 0.4) is 0 Å². The largest absolute Gasteiger partial charge is 0.407 e. The maximum Gasteiger partial charge on any atom is 0.287 e. The van der Waals surface area contributed by atoms with Gasteiger partial charge in [0.15, 0.2) is 0 Å². The van der Waals surface area contributed by atoms with Gasteiger partial charge < -0.3 is 4.74 Å². The summed E-state index contributed by atoms with van der Waals surface area (Å²) in [5.41, 5.74) is 0. The molecule has 0 saturated carbocycles. The molecule has 0 aromatic heterocycles. The third-order valence-electron chi connectivity index (χ3n) is 0.0456. The molecule has 0 unspecified atom stereocenters. The van der Waals surface area contributed by atoms with Gasteiger partial charge in [-0.05, 0) is 0 Å². The smallest absolute Gasteiger partial charge is 0.287 e. The summed E-state index contributed by atoms with van der Waals surface area (Å²) in [7, 11) is 5.59. The number of nitriles is 1. The van der Waals surface area contributed by atoms with Crippen molar-refractivity contribution in [2.75, 3.05) is 0 Å². The van der Waals surface area contributed by atoms with Gasteiger partial charge in [0.25, 0.3) is 13.4 Å². The molecule has 0 aliphatic carbocycles. The van der Waals surface area contributed by atoms with Crippen LogP contribution in [0.4, 0.5) is 0 Å². The molecule has 0 aliphatic heterocycles. The molecule has 3 radical (unpaired) electrons. The third kappa shape index (κ3) is 1.29. The minimum absolute atomic E-state index is 1.10. The lowest BCUT2D eigenvalue weighted by Crippen LogP contribution is -1.49. The predicted octanol–water partition coefficient (Wildman–Crippen LogP) is 0.0297. The molecular weight excluding hydrogens is 54.0 g/mol. The van der Waals surface area contributed by atoms with E-state index in [2.05, 4.69) is 4.74 Å². The van der Waals surface area contributed by atoms with Crippen LogP contribution in [-0.4, -0.2) is 0 Å². The quantitative estimate of drug-likeness (QED) is 0.365. The lowest BCUT2D eigenvalue weighted by molar-refractivity contribution is 0.420. The first-order valence-electron chi connectivity index (χ1n) is 0.632. The monoisotopic (exact) mass is 54.0 g/mol. The molecule has 0 aliphatic rings. The van der Waals surface area contributed by atoms with Crippen LogP contribution in [0.5, 0.6) is 0 Å². The molecule has 0 aromatic rings. The average molecular weight is 54.0 g/mol. The van der Waals surface area contributed by atoms with Crippen LogP contribution in [0.1, 0.15) is 0 Å². The van der Waals surface area contributed by atoms with Crippen molar-refractivity contribution in [1.29, 1.82) is 5.26 Å². The van der Waals surface area contributed by atoms with E-state index in [1.807, 2.05) is 0 Å². The molecule has 4 heavy (non-hydrogen) atoms. The number of ether oxygens (including phenoxy) is 1. The van der Waals surface area contributed by atoms with E-state index in [1.54, 1.807) is 0 Å². The van der Waals surface area contributed by atoms with Crippen molar-refractivity contribution >= 4 is 0 Å². The number of nitrogens with zero attached hydrogens (tertiary/aromatic N) is 1. The molecule has 2 nitrogen and oxygen atoms in total. The average Bonchev–Trinajstić information content (AvgIpc) is 1.37. The second kappa shape index (κ2) is 2.29. The van der Waals surface area contributed by atoms with E-state index in [0.29, 0.717) is 0 Å². The summed E-state index contributed by atoms with van der Waals surface area (Å²) >= 11 is 0. The molecule has 2 heteroatoms. The summed E-state index contributed by atoms with van der Waals surface area (Å²) in [6.07, 6.45) is 1.10. The van der Waals surface area contributed by atoms with Crippen LogP contribution in [0.25, 0.3) is 0 Å². The Morgan fingerprint density at radius 3 is 2.25 bits per heavy atom. The Morgan fingerprint density at radius 1 is 2.00 bits per heavy atom. The Kier molecular flexibility index (Phi) is 1.88. The highest BCUT2D eigenvalue weighted by molar-refractivity contribution is 4.42. The summed E-state index contributed by atoms with van der Waals surface area (Å²) in [4.78, 5) is 0. The Hall–Kier alpha value is -0.710. The van der Waals surface area contributed by atoms with E-state index in [1.165, 1.54) is 0 Å². The second-order valence-corrected chi connectivity index (χ2v) is 0.193.